The number of rotatable bonds is 6. The van der Waals surface area contributed by atoms with Crippen molar-refractivity contribution in [2.75, 3.05) is 6.61 Å². The zero-order valence-electron chi connectivity index (χ0n) is 11.8. The van der Waals surface area contributed by atoms with Gasteiger partial charge in [0.25, 0.3) is 0 Å². The Balaban J connectivity index is 2.92. The molecule has 0 saturated carbocycles. The second-order valence-corrected chi connectivity index (χ2v) is 4.81. The van der Waals surface area contributed by atoms with Crippen molar-refractivity contribution in [3.63, 3.8) is 0 Å². The van der Waals surface area contributed by atoms with Crippen LogP contribution in [0.25, 0.3) is 0 Å². The molecule has 0 heterocycles. The maximum Gasteiger partial charge on any atom is 0.573 e. The van der Waals surface area contributed by atoms with E-state index in [0.29, 0.717) is 12.2 Å². The lowest BCUT2D eigenvalue weighted by Crippen LogP contribution is -2.33. The van der Waals surface area contributed by atoms with Crippen LogP contribution in [-0.4, -0.2) is 19.1 Å². The summed E-state index contributed by atoms with van der Waals surface area (Å²) in [6.45, 7) is 6.26. The fraction of sp³-hybridized carbons (Fsp3) is 0.571. The number of nitrogens with two attached hydrogens (primary N) is 1. The lowest BCUT2D eigenvalue weighted by Gasteiger charge is -2.27. The predicted molar refractivity (Wildman–Crippen MR) is 70.3 cm³/mol. The first-order valence-corrected chi connectivity index (χ1v) is 6.47. The first-order chi connectivity index (χ1) is 9.24. The van der Waals surface area contributed by atoms with Crippen LogP contribution in [0.2, 0.25) is 0 Å². The van der Waals surface area contributed by atoms with E-state index in [4.69, 9.17) is 10.5 Å². The Morgan fingerprint density at radius 3 is 2.40 bits per heavy atom. The van der Waals surface area contributed by atoms with Gasteiger partial charge in [-0.2, -0.15) is 0 Å². The normalized spacial score (nSPS) is 15.2. The molecule has 0 bridgehead atoms. The van der Waals surface area contributed by atoms with Crippen LogP contribution in [0.15, 0.2) is 24.3 Å². The SMILES string of the molecule is CCOC(C(C)C)C(N)c1cccc(OC(F)(F)F)c1. The van der Waals surface area contributed by atoms with Gasteiger partial charge in [0.1, 0.15) is 5.75 Å². The first-order valence-electron chi connectivity index (χ1n) is 6.47. The minimum atomic E-state index is -4.71. The summed E-state index contributed by atoms with van der Waals surface area (Å²) in [5.74, 6) is -0.124. The van der Waals surface area contributed by atoms with Crippen molar-refractivity contribution >= 4 is 0 Å². The Morgan fingerprint density at radius 1 is 1.25 bits per heavy atom. The van der Waals surface area contributed by atoms with Crippen molar-refractivity contribution in [3.8, 4) is 5.75 Å². The summed E-state index contributed by atoms with van der Waals surface area (Å²) < 4.78 is 46.1. The van der Waals surface area contributed by atoms with Crippen molar-refractivity contribution in [1.29, 1.82) is 0 Å². The van der Waals surface area contributed by atoms with E-state index in [2.05, 4.69) is 4.74 Å². The van der Waals surface area contributed by atoms with Gasteiger partial charge in [0.15, 0.2) is 0 Å². The molecule has 0 aliphatic heterocycles. The standard InChI is InChI=1S/C14H20F3NO2/c1-4-19-13(9(2)3)12(18)10-6-5-7-11(8-10)20-14(15,16)17/h5-9,12-13H,4,18H2,1-3H3. The number of benzene rings is 1. The lowest BCUT2D eigenvalue weighted by atomic mass is 9.94. The van der Waals surface area contributed by atoms with E-state index in [-0.39, 0.29) is 17.8 Å². The molecule has 2 atom stereocenters. The summed E-state index contributed by atoms with van der Waals surface area (Å²) >= 11 is 0. The van der Waals surface area contributed by atoms with Crippen LogP contribution in [0.3, 0.4) is 0 Å². The van der Waals surface area contributed by atoms with E-state index in [0.717, 1.165) is 0 Å². The van der Waals surface area contributed by atoms with Gasteiger partial charge in [-0.05, 0) is 30.5 Å². The Labute approximate surface area is 116 Å². The fourth-order valence-corrected chi connectivity index (χ4v) is 2.01. The van der Waals surface area contributed by atoms with Crippen molar-refractivity contribution in [2.24, 2.45) is 11.7 Å². The molecule has 0 amide bonds. The molecule has 114 valence electrons. The Kier molecular flexibility index (Phi) is 5.83. The molecule has 0 radical (unpaired) electrons. The van der Waals surface area contributed by atoms with Crippen molar-refractivity contribution < 1.29 is 22.6 Å². The minimum absolute atomic E-state index is 0.150. The van der Waals surface area contributed by atoms with Crippen LogP contribution in [0, 0.1) is 5.92 Å². The Bertz CT molecular complexity index is 421. The molecular weight excluding hydrogens is 271 g/mol. The second-order valence-electron chi connectivity index (χ2n) is 4.81. The smallest absolute Gasteiger partial charge is 0.406 e. The van der Waals surface area contributed by atoms with Gasteiger partial charge in [-0.1, -0.05) is 26.0 Å². The highest BCUT2D eigenvalue weighted by atomic mass is 19.4. The molecule has 0 saturated heterocycles. The maximum absolute atomic E-state index is 12.2. The van der Waals surface area contributed by atoms with Gasteiger partial charge in [0, 0.05) is 6.61 Å². The Hall–Kier alpha value is -1.27. The first kappa shape index (κ1) is 16.8. The van der Waals surface area contributed by atoms with E-state index in [9.17, 15) is 13.2 Å². The summed E-state index contributed by atoms with van der Waals surface area (Å²) in [7, 11) is 0. The van der Waals surface area contributed by atoms with Crippen molar-refractivity contribution in [1.82, 2.24) is 0 Å². The third-order valence-electron chi connectivity index (χ3n) is 2.85. The van der Waals surface area contributed by atoms with Crippen LogP contribution >= 0.6 is 0 Å². The van der Waals surface area contributed by atoms with Crippen LogP contribution in [0.1, 0.15) is 32.4 Å². The van der Waals surface area contributed by atoms with E-state index < -0.39 is 12.4 Å². The van der Waals surface area contributed by atoms with Crippen LogP contribution < -0.4 is 10.5 Å². The average molecular weight is 291 g/mol. The summed E-state index contributed by atoms with van der Waals surface area (Å²) in [6.07, 6.45) is -4.97. The molecule has 0 aromatic heterocycles. The molecule has 1 aromatic carbocycles. The summed E-state index contributed by atoms with van der Waals surface area (Å²) in [4.78, 5) is 0. The van der Waals surface area contributed by atoms with E-state index in [1.165, 1.54) is 18.2 Å². The van der Waals surface area contributed by atoms with Gasteiger partial charge in [0.2, 0.25) is 0 Å². The quantitative estimate of drug-likeness (QED) is 0.870. The lowest BCUT2D eigenvalue weighted by molar-refractivity contribution is -0.274. The highest BCUT2D eigenvalue weighted by molar-refractivity contribution is 5.31. The third-order valence-corrected chi connectivity index (χ3v) is 2.85. The molecule has 0 spiro atoms. The molecular formula is C14H20F3NO2. The van der Waals surface area contributed by atoms with Gasteiger partial charge < -0.3 is 15.2 Å². The highest BCUT2D eigenvalue weighted by Crippen LogP contribution is 2.28. The van der Waals surface area contributed by atoms with E-state index in [1.54, 1.807) is 6.07 Å². The molecule has 0 aliphatic rings. The topological polar surface area (TPSA) is 44.5 Å². The number of hydrogen-bond donors (Lipinski definition) is 1. The molecule has 1 rings (SSSR count). The Morgan fingerprint density at radius 2 is 1.90 bits per heavy atom. The average Bonchev–Trinajstić information content (AvgIpc) is 2.33. The number of halogens is 3. The van der Waals surface area contributed by atoms with Gasteiger partial charge in [0.05, 0.1) is 12.1 Å². The molecule has 20 heavy (non-hydrogen) atoms. The maximum atomic E-state index is 12.2. The zero-order valence-corrected chi connectivity index (χ0v) is 11.8. The largest absolute Gasteiger partial charge is 0.573 e. The number of hydrogen-bond acceptors (Lipinski definition) is 3. The molecule has 0 fully saturated rings. The van der Waals surface area contributed by atoms with Crippen LogP contribution in [-0.2, 0) is 4.74 Å². The van der Waals surface area contributed by atoms with E-state index in [1.807, 2.05) is 20.8 Å². The van der Waals surface area contributed by atoms with Crippen molar-refractivity contribution in [2.45, 2.75) is 39.3 Å². The monoisotopic (exact) mass is 291 g/mol. The molecule has 6 heteroatoms. The van der Waals surface area contributed by atoms with Gasteiger partial charge in [-0.3, -0.25) is 0 Å². The third kappa shape index (κ3) is 5.02. The molecule has 3 nitrogen and oxygen atoms in total. The second kappa shape index (κ2) is 6.95. The summed E-state index contributed by atoms with van der Waals surface area (Å²) in [6, 6.07) is 5.19. The van der Waals surface area contributed by atoms with Crippen molar-refractivity contribution in [3.05, 3.63) is 29.8 Å². The fourth-order valence-electron chi connectivity index (χ4n) is 2.01. The van der Waals surface area contributed by atoms with Crippen LogP contribution in [0.4, 0.5) is 13.2 Å². The molecule has 1 aromatic rings. The minimum Gasteiger partial charge on any atom is -0.406 e. The molecule has 0 aliphatic carbocycles. The highest BCUT2D eigenvalue weighted by Gasteiger charge is 2.31. The zero-order chi connectivity index (χ0) is 15.3. The summed E-state index contributed by atoms with van der Waals surface area (Å²) in [5, 5.41) is 0. The van der Waals surface area contributed by atoms with Gasteiger partial charge >= 0.3 is 6.36 Å². The van der Waals surface area contributed by atoms with Gasteiger partial charge in [-0.25, -0.2) is 0 Å². The number of alkyl halides is 3. The predicted octanol–water partition coefficient (Wildman–Crippen LogP) is 3.65. The molecule has 2 unspecified atom stereocenters. The van der Waals surface area contributed by atoms with Crippen LogP contribution in [0.5, 0.6) is 5.75 Å². The number of ether oxygens (including phenoxy) is 2. The summed E-state index contributed by atoms with van der Waals surface area (Å²) in [5.41, 5.74) is 6.65. The molecule has 2 N–H and O–H groups in total. The van der Waals surface area contributed by atoms with Gasteiger partial charge in [-0.15, -0.1) is 13.2 Å². The van der Waals surface area contributed by atoms with E-state index >= 15 is 0 Å².